The lowest BCUT2D eigenvalue weighted by molar-refractivity contribution is 0.329. The zero-order valence-corrected chi connectivity index (χ0v) is 9.18. The molecule has 3 heteroatoms. The molecule has 0 saturated heterocycles. The highest BCUT2D eigenvalue weighted by atomic mass is 16.5. The van der Waals surface area contributed by atoms with Crippen LogP contribution >= 0.6 is 0 Å². The van der Waals surface area contributed by atoms with E-state index in [0.29, 0.717) is 0 Å². The van der Waals surface area contributed by atoms with E-state index in [1.807, 2.05) is 18.2 Å². The molecule has 2 aromatic rings. The summed E-state index contributed by atoms with van der Waals surface area (Å²) in [5, 5.41) is 0. The molecule has 0 spiro atoms. The average Bonchev–Trinajstić information content (AvgIpc) is 2.30. The molecular formula is C13H14N2O. The number of rotatable bonds is 3. The lowest BCUT2D eigenvalue weighted by Gasteiger charge is -2.05. The molecule has 0 amide bonds. The van der Waals surface area contributed by atoms with E-state index in [4.69, 9.17) is 10.5 Å². The van der Waals surface area contributed by atoms with Crippen LogP contribution in [-0.4, -0.2) is 11.7 Å². The van der Waals surface area contributed by atoms with E-state index >= 15 is 0 Å². The molecule has 0 unspecified atom stereocenters. The van der Waals surface area contributed by atoms with Crippen molar-refractivity contribution in [3.63, 3.8) is 0 Å². The fourth-order valence-electron chi connectivity index (χ4n) is 1.56. The lowest BCUT2D eigenvalue weighted by atomic mass is 10.1. The maximum Gasteiger partial charge on any atom is 0.137 e. The minimum absolute atomic E-state index is 0.178. The molecule has 0 aliphatic heterocycles. The van der Waals surface area contributed by atoms with Crippen molar-refractivity contribution >= 4 is 0 Å². The summed E-state index contributed by atoms with van der Waals surface area (Å²) >= 11 is 0. The van der Waals surface area contributed by atoms with Crippen molar-refractivity contribution in [2.75, 3.05) is 6.73 Å². The van der Waals surface area contributed by atoms with Gasteiger partial charge in [-0.2, -0.15) is 0 Å². The third kappa shape index (κ3) is 2.38. The molecule has 1 aromatic carbocycles. The monoisotopic (exact) mass is 214 g/mol. The molecule has 0 aliphatic carbocycles. The van der Waals surface area contributed by atoms with E-state index < -0.39 is 0 Å². The van der Waals surface area contributed by atoms with Gasteiger partial charge in [0.15, 0.2) is 0 Å². The number of nitrogens with two attached hydrogens (primary N) is 1. The second kappa shape index (κ2) is 4.77. The number of ether oxygens (including phenoxy) is 1. The van der Waals surface area contributed by atoms with Crippen molar-refractivity contribution in [2.45, 2.75) is 6.92 Å². The van der Waals surface area contributed by atoms with Crippen LogP contribution in [0, 0.1) is 6.92 Å². The first kappa shape index (κ1) is 10.6. The molecule has 82 valence electrons. The predicted octanol–water partition coefficient (Wildman–Crippen LogP) is 2.35. The number of hydrogen-bond donors (Lipinski definition) is 1. The van der Waals surface area contributed by atoms with Gasteiger partial charge in [0.2, 0.25) is 0 Å². The number of nitrogens with zero attached hydrogens (tertiary/aromatic N) is 1. The van der Waals surface area contributed by atoms with Crippen LogP contribution in [0.1, 0.15) is 5.56 Å². The van der Waals surface area contributed by atoms with Crippen molar-refractivity contribution in [2.24, 2.45) is 5.73 Å². The third-order valence-corrected chi connectivity index (χ3v) is 2.30. The van der Waals surface area contributed by atoms with Crippen LogP contribution in [0.15, 0.2) is 42.6 Å². The molecule has 0 aliphatic rings. The van der Waals surface area contributed by atoms with E-state index in [1.54, 1.807) is 12.3 Å². The molecule has 0 atom stereocenters. The fourth-order valence-corrected chi connectivity index (χ4v) is 1.56. The Kier molecular flexibility index (Phi) is 3.17. The Balaban J connectivity index is 2.36. The van der Waals surface area contributed by atoms with Crippen molar-refractivity contribution in [3.8, 4) is 17.0 Å². The highest BCUT2D eigenvalue weighted by molar-refractivity contribution is 5.61. The molecule has 1 aromatic heterocycles. The minimum atomic E-state index is 0.178. The molecule has 0 bridgehead atoms. The third-order valence-electron chi connectivity index (χ3n) is 2.30. The molecular weight excluding hydrogens is 200 g/mol. The zero-order chi connectivity index (χ0) is 11.4. The largest absolute Gasteiger partial charge is 0.478 e. The summed E-state index contributed by atoms with van der Waals surface area (Å²) in [4.78, 5) is 4.31. The number of aromatic nitrogens is 1. The van der Waals surface area contributed by atoms with Crippen LogP contribution in [0.2, 0.25) is 0 Å². The quantitative estimate of drug-likeness (QED) is 0.798. The summed E-state index contributed by atoms with van der Waals surface area (Å²) in [7, 11) is 0. The minimum Gasteiger partial charge on any atom is -0.478 e. The van der Waals surface area contributed by atoms with E-state index in [9.17, 15) is 0 Å². The highest BCUT2D eigenvalue weighted by Gasteiger charge is 2.01. The fraction of sp³-hybridized carbons (Fsp3) is 0.154. The second-order valence-corrected chi connectivity index (χ2v) is 3.56. The Morgan fingerprint density at radius 2 is 2.12 bits per heavy atom. The molecule has 0 fully saturated rings. The van der Waals surface area contributed by atoms with E-state index in [0.717, 1.165) is 17.0 Å². The van der Waals surface area contributed by atoms with Gasteiger partial charge in [-0.1, -0.05) is 23.8 Å². The van der Waals surface area contributed by atoms with Gasteiger partial charge in [-0.05, 0) is 19.1 Å². The van der Waals surface area contributed by atoms with Crippen LogP contribution in [-0.2, 0) is 0 Å². The Bertz CT molecular complexity index is 483. The molecule has 16 heavy (non-hydrogen) atoms. The average molecular weight is 214 g/mol. The number of aryl methyl sites for hydroxylation is 1. The summed E-state index contributed by atoms with van der Waals surface area (Å²) in [6, 6.07) is 11.9. The number of benzene rings is 1. The van der Waals surface area contributed by atoms with E-state index in [-0.39, 0.29) is 6.73 Å². The van der Waals surface area contributed by atoms with Gasteiger partial charge >= 0.3 is 0 Å². The standard InChI is InChI=1S/C13H14N2O/c1-10-3-2-4-11(7-10)13-8-12(16-9-14)5-6-15-13/h2-8H,9,14H2,1H3. The molecule has 3 nitrogen and oxygen atoms in total. The second-order valence-electron chi connectivity index (χ2n) is 3.56. The van der Waals surface area contributed by atoms with Gasteiger partial charge in [-0.25, -0.2) is 0 Å². The molecule has 2 rings (SSSR count). The maximum absolute atomic E-state index is 5.33. The van der Waals surface area contributed by atoms with Crippen molar-refractivity contribution in [1.82, 2.24) is 4.98 Å². The van der Waals surface area contributed by atoms with Gasteiger partial charge in [0.1, 0.15) is 12.5 Å². The van der Waals surface area contributed by atoms with Gasteiger partial charge in [0, 0.05) is 17.8 Å². The molecule has 1 heterocycles. The number of hydrogen-bond acceptors (Lipinski definition) is 3. The van der Waals surface area contributed by atoms with Crippen molar-refractivity contribution < 1.29 is 4.74 Å². The van der Waals surface area contributed by atoms with Gasteiger partial charge < -0.3 is 4.74 Å². The SMILES string of the molecule is Cc1cccc(-c2cc(OCN)ccn2)c1. The molecule has 0 saturated carbocycles. The van der Waals surface area contributed by atoms with E-state index in [2.05, 4.69) is 24.0 Å². The Morgan fingerprint density at radius 3 is 2.88 bits per heavy atom. The predicted molar refractivity (Wildman–Crippen MR) is 64.1 cm³/mol. The van der Waals surface area contributed by atoms with Crippen molar-refractivity contribution in [3.05, 3.63) is 48.2 Å². The summed E-state index contributed by atoms with van der Waals surface area (Å²) < 4.78 is 5.24. The number of pyridine rings is 1. The van der Waals surface area contributed by atoms with Crippen LogP contribution in [0.25, 0.3) is 11.3 Å². The summed E-state index contributed by atoms with van der Waals surface area (Å²) in [5.74, 6) is 0.744. The van der Waals surface area contributed by atoms with Gasteiger partial charge in [-0.15, -0.1) is 0 Å². The Morgan fingerprint density at radius 1 is 1.25 bits per heavy atom. The van der Waals surface area contributed by atoms with E-state index in [1.165, 1.54) is 5.56 Å². The van der Waals surface area contributed by atoms with Crippen LogP contribution in [0.4, 0.5) is 0 Å². The van der Waals surface area contributed by atoms with Crippen molar-refractivity contribution in [1.29, 1.82) is 0 Å². The summed E-state index contributed by atoms with van der Waals surface area (Å²) in [6.45, 7) is 2.24. The highest BCUT2D eigenvalue weighted by Crippen LogP contribution is 2.21. The molecule has 2 N–H and O–H groups in total. The summed E-state index contributed by atoms with van der Waals surface area (Å²) in [6.07, 6.45) is 1.72. The first-order valence-corrected chi connectivity index (χ1v) is 5.15. The first-order valence-electron chi connectivity index (χ1n) is 5.15. The van der Waals surface area contributed by atoms with Gasteiger partial charge in [0.05, 0.1) is 5.69 Å². The Hall–Kier alpha value is -1.87. The first-order chi connectivity index (χ1) is 7.79. The van der Waals surface area contributed by atoms with Gasteiger partial charge in [-0.3, -0.25) is 10.7 Å². The zero-order valence-electron chi connectivity index (χ0n) is 9.18. The van der Waals surface area contributed by atoms with Crippen LogP contribution < -0.4 is 10.5 Å². The smallest absolute Gasteiger partial charge is 0.137 e. The van der Waals surface area contributed by atoms with Crippen LogP contribution in [0.3, 0.4) is 0 Å². The van der Waals surface area contributed by atoms with Crippen LogP contribution in [0.5, 0.6) is 5.75 Å². The lowest BCUT2D eigenvalue weighted by Crippen LogP contribution is -2.07. The maximum atomic E-state index is 5.33. The Labute approximate surface area is 94.9 Å². The molecule has 0 radical (unpaired) electrons. The normalized spacial score (nSPS) is 10.1. The summed E-state index contributed by atoms with van der Waals surface area (Å²) in [5.41, 5.74) is 8.53. The topological polar surface area (TPSA) is 48.1 Å². The van der Waals surface area contributed by atoms with Gasteiger partial charge in [0.25, 0.3) is 0 Å².